The third kappa shape index (κ3) is 5.45. The molecule has 0 radical (unpaired) electrons. The van der Waals surface area contributed by atoms with Crippen molar-refractivity contribution in [3.05, 3.63) is 70.8 Å². The second-order valence-corrected chi connectivity index (χ2v) is 9.74. The van der Waals surface area contributed by atoms with Gasteiger partial charge < -0.3 is 13.7 Å². The predicted octanol–water partition coefficient (Wildman–Crippen LogP) is 7.08. The zero-order valence-corrected chi connectivity index (χ0v) is 21.3. The summed E-state index contributed by atoms with van der Waals surface area (Å²) in [7, 11) is 0. The fraction of sp³-hybridized carbons (Fsp3) is 0.360. The van der Waals surface area contributed by atoms with Gasteiger partial charge in [-0.1, -0.05) is 67.0 Å². The molecule has 0 saturated carbocycles. The summed E-state index contributed by atoms with van der Waals surface area (Å²) < 4.78 is 14.1. The Morgan fingerprint density at radius 3 is 2.44 bits per heavy atom. The molecular weight excluding hydrogens is 470 g/mol. The van der Waals surface area contributed by atoms with Gasteiger partial charge >= 0.3 is 0 Å². The minimum absolute atomic E-state index is 0.0960. The van der Waals surface area contributed by atoms with E-state index in [1.807, 2.05) is 56.3 Å². The quantitative estimate of drug-likeness (QED) is 0.216. The van der Waals surface area contributed by atoms with E-state index in [0.29, 0.717) is 22.6 Å². The Bertz CT molecular complexity index is 1220. The zero-order valence-electron chi connectivity index (χ0n) is 19.7. The Labute approximate surface area is 208 Å². The van der Waals surface area contributed by atoms with Gasteiger partial charge in [0.15, 0.2) is 11.0 Å². The van der Waals surface area contributed by atoms with Crippen LogP contribution in [0.3, 0.4) is 0 Å². The molecule has 34 heavy (non-hydrogen) atoms. The Hall–Kier alpha value is -2.84. The lowest BCUT2D eigenvalue weighted by molar-refractivity contribution is 0.278. The van der Waals surface area contributed by atoms with Crippen molar-refractivity contribution in [1.29, 1.82) is 0 Å². The number of hydrogen-bond donors (Lipinski definition) is 0. The predicted molar refractivity (Wildman–Crippen MR) is 134 cm³/mol. The molecule has 1 atom stereocenters. The van der Waals surface area contributed by atoms with Crippen molar-refractivity contribution in [3.63, 3.8) is 0 Å². The molecule has 0 fully saturated rings. The maximum Gasteiger partial charge on any atom is 0.247 e. The molecule has 4 aromatic rings. The Balaban J connectivity index is 1.54. The molecule has 4 rings (SSSR count). The van der Waals surface area contributed by atoms with E-state index in [0.717, 1.165) is 29.4 Å². The SMILES string of the molecule is CCC(CC)n1c(COc2ccccc2Cl)nnc1SC(C)c1nnc(-c2ccc(C)cc2)o1. The molecule has 2 heterocycles. The number of halogens is 1. The molecule has 7 nitrogen and oxygen atoms in total. The lowest BCUT2D eigenvalue weighted by Gasteiger charge is -2.20. The molecule has 0 aliphatic rings. The number of para-hydroxylation sites is 1. The van der Waals surface area contributed by atoms with E-state index in [1.54, 1.807) is 17.8 Å². The van der Waals surface area contributed by atoms with E-state index >= 15 is 0 Å². The number of rotatable bonds is 10. The minimum atomic E-state index is -0.0960. The van der Waals surface area contributed by atoms with Crippen molar-refractivity contribution < 1.29 is 9.15 Å². The first-order chi connectivity index (χ1) is 16.5. The third-order valence-corrected chi connectivity index (χ3v) is 6.96. The number of nitrogens with zero attached hydrogens (tertiary/aromatic N) is 5. The summed E-state index contributed by atoms with van der Waals surface area (Å²) in [5.41, 5.74) is 2.09. The van der Waals surface area contributed by atoms with E-state index in [4.69, 9.17) is 20.8 Å². The van der Waals surface area contributed by atoms with Gasteiger partial charge in [-0.3, -0.25) is 0 Å². The van der Waals surface area contributed by atoms with Crippen LogP contribution in [0.1, 0.15) is 62.2 Å². The van der Waals surface area contributed by atoms with Crippen LogP contribution in [-0.2, 0) is 6.61 Å². The summed E-state index contributed by atoms with van der Waals surface area (Å²) in [6.07, 6.45) is 1.90. The zero-order chi connectivity index (χ0) is 24.1. The number of ether oxygens (including phenoxy) is 1. The fourth-order valence-corrected chi connectivity index (χ4v) is 4.79. The highest BCUT2D eigenvalue weighted by atomic mass is 35.5. The standard InChI is InChI=1S/C25H28ClN5O2S/c1-5-19(6-2)31-22(15-32-21-10-8-7-9-20(21)26)27-30-25(31)34-17(4)23-28-29-24(33-23)18-13-11-16(3)12-14-18/h7-14,17,19H,5-6,15H2,1-4H3. The molecule has 1 unspecified atom stereocenters. The largest absolute Gasteiger partial charge is 0.484 e. The van der Waals surface area contributed by atoms with Crippen LogP contribution in [0.25, 0.3) is 11.5 Å². The summed E-state index contributed by atoms with van der Waals surface area (Å²) in [4.78, 5) is 0. The lowest BCUT2D eigenvalue weighted by Crippen LogP contribution is -2.14. The monoisotopic (exact) mass is 497 g/mol. The number of benzene rings is 2. The highest BCUT2D eigenvalue weighted by molar-refractivity contribution is 7.99. The van der Waals surface area contributed by atoms with Crippen LogP contribution in [0, 0.1) is 6.92 Å². The van der Waals surface area contributed by atoms with Gasteiger partial charge in [0, 0.05) is 11.6 Å². The second-order valence-electron chi connectivity index (χ2n) is 8.03. The minimum Gasteiger partial charge on any atom is -0.484 e. The molecule has 2 aromatic heterocycles. The van der Waals surface area contributed by atoms with E-state index in [-0.39, 0.29) is 17.9 Å². The Morgan fingerprint density at radius 2 is 1.74 bits per heavy atom. The van der Waals surface area contributed by atoms with Crippen molar-refractivity contribution in [2.45, 2.75) is 63.6 Å². The molecule has 0 bridgehead atoms. The number of hydrogen-bond acceptors (Lipinski definition) is 7. The van der Waals surface area contributed by atoms with Crippen LogP contribution in [0.4, 0.5) is 0 Å². The first-order valence-electron chi connectivity index (χ1n) is 11.4. The van der Waals surface area contributed by atoms with E-state index in [1.165, 1.54) is 5.56 Å². The molecule has 2 aromatic carbocycles. The van der Waals surface area contributed by atoms with Crippen molar-refractivity contribution in [2.24, 2.45) is 0 Å². The van der Waals surface area contributed by atoms with Crippen LogP contribution >= 0.6 is 23.4 Å². The number of aryl methyl sites for hydroxylation is 1. The molecule has 0 saturated heterocycles. The average Bonchev–Trinajstić information content (AvgIpc) is 3.48. The summed E-state index contributed by atoms with van der Waals surface area (Å²) in [6.45, 7) is 8.68. The van der Waals surface area contributed by atoms with Gasteiger partial charge in [-0.25, -0.2) is 0 Å². The molecule has 0 spiro atoms. The first kappa shape index (κ1) is 24.3. The highest BCUT2D eigenvalue weighted by Gasteiger charge is 2.24. The summed E-state index contributed by atoms with van der Waals surface area (Å²) in [5.74, 6) is 2.45. The van der Waals surface area contributed by atoms with Gasteiger partial charge in [0.1, 0.15) is 12.4 Å². The first-order valence-corrected chi connectivity index (χ1v) is 12.6. The van der Waals surface area contributed by atoms with Crippen LogP contribution < -0.4 is 4.74 Å². The van der Waals surface area contributed by atoms with Gasteiger partial charge in [0.2, 0.25) is 11.8 Å². The number of aromatic nitrogens is 5. The van der Waals surface area contributed by atoms with Gasteiger partial charge in [0.25, 0.3) is 0 Å². The molecule has 0 aliphatic heterocycles. The summed E-state index contributed by atoms with van der Waals surface area (Å²) in [5, 5.41) is 18.7. The maximum atomic E-state index is 6.25. The average molecular weight is 498 g/mol. The van der Waals surface area contributed by atoms with Crippen molar-refractivity contribution in [2.75, 3.05) is 0 Å². The third-order valence-electron chi connectivity index (χ3n) is 5.61. The molecule has 0 N–H and O–H groups in total. The number of thioether (sulfide) groups is 1. The van der Waals surface area contributed by atoms with E-state index in [2.05, 4.69) is 38.8 Å². The smallest absolute Gasteiger partial charge is 0.247 e. The van der Waals surface area contributed by atoms with Crippen LogP contribution in [0.2, 0.25) is 5.02 Å². The summed E-state index contributed by atoms with van der Waals surface area (Å²) in [6, 6.07) is 15.7. The summed E-state index contributed by atoms with van der Waals surface area (Å²) >= 11 is 7.80. The molecular formula is C25H28ClN5O2S. The highest BCUT2D eigenvalue weighted by Crippen LogP contribution is 2.37. The lowest BCUT2D eigenvalue weighted by atomic mass is 10.1. The van der Waals surface area contributed by atoms with Gasteiger partial charge in [-0.05, 0) is 51.0 Å². The molecule has 0 aliphatic carbocycles. The maximum absolute atomic E-state index is 6.25. The normalized spacial score (nSPS) is 12.3. The van der Waals surface area contributed by atoms with Gasteiger partial charge in [-0.2, -0.15) is 0 Å². The van der Waals surface area contributed by atoms with Gasteiger partial charge in [-0.15, -0.1) is 20.4 Å². The molecule has 9 heteroatoms. The van der Waals surface area contributed by atoms with Crippen molar-refractivity contribution in [1.82, 2.24) is 25.0 Å². The van der Waals surface area contributed by atoms with E-state index in [9.17, 15) is 0 Å². The second kappa shape index (κ2) is 11.1. The van der Waals surface area contributed by atoms with Gasteiger partial charge in [0.05, 0.1) is 10.3 Å². The topological polar surface area (TPSA) is 78.9 Å². The van der Waals surface area contributed by atoms with Crippen LogP contribution in [-0.4, -0.2) is 25.0 Å². The molecule has 0 amide bonds. The molecule has 178 valence electrons. The van der Waals surface area contributed by atoms with E-state index < -0.39 is 0 Å². The Kier molecular flexibility index (Phi) is 7.90. The van der Waals surface area contributed by atoms with Crippen LogP contribution in [0.15, 0.2) is 58.1 Å². The van der Waals surface area contributed by atoms with Crippen molar-refractivity contribution in [3.8, 4) is 17.2 Å². The van der Waals surface area contributed by atoms with Crippen LogP contribution in [0.5, 0.6) is 5.75 Å². The Morgan fingerprint density at radius 1 is 1.00 bits per heavy atom. The fourth-order valence-electron chi connectivity index (χ4n) is 3.63. The van der Waals surface area contributed by atoms with Crippen molar-refractivity contribution >= 4 is 23.4 Å².